The lowest BCUT2D eigenvalue weighted by Crippen LogP contribution is -2.38. The van der Waals surface area contributed by atoms with Gasteiger partial charge in [0.1, 0.15) is 11.6 Å². The van der Waals surface area contributed by atoms with Crippen LogP contribution >= 0.6 is 0 Å². The molecular formula is C21H27N3O3. The van der Waals surface area contributed by atoms with Gasteiger partial charge < -0.3 is 15.2 Å². The summed E-state index contributed by atoms with van der Waals surface area (Å²) in [6, 6.07) is 10.1. The summed E-state index contributed by atoms with van der Waals surface area (Å²) in [6.45, 7) is 7.73. The van der Waals surface area contributed by atoms with Crippen LogP contribution in [0.2, 0.25) is 0 Å². The summed E-state index contributed by atoms with van der Waals surface area (Å²) in [5.74, 6) is 0.756. The third-order valence-electron chi connectivity index (χ3n) is 4.91. The third-order valence-corrected chi connectivity index (χ3v) is 4.91. The molecule has 2 aromatic rings. The molecule has 2 N–H and O–H groups in total. The van der Waals surface area contributed by atoms with E-state index in [9.17, 15) is 4.79 Å². The molecule has 0 unspecified atom stereocenters. The molecule has 0 bridgehead atoms. The maximum absolute atomic E-state index is 10.9. The second kappa shape index (κ2) is 8.86. The van der Waals surface area contributed by atoms with Crippen molar-refractivity contribution in [3.05, 3.63) is 53.2 Å². The summed E-state index contributed by atoms with van der Waals surface area (Å²) in [6.07, 6.45) is 3.46. The highest BCUT2D eigenvalue weighted by molar-refractivity contribution is 5.87. The average Bonchev–Trinajstić information content (AvgIpc) is 2.67. The van der Waals surface area contributed by atoms with Crippen LogP contribution in [0.4, 0.5) is 5.82 Å². The lowest BCUT2D eigenvalue weighted by molar-refractivity contribution is 0.0696. The van der Waals surface area contributed by atoms with Gasteiger partial charge in [-0.1, -0.05) is 12.1 Å². The number of rotatable bonds is 7. The monoisotopic (exact) mass is 369 g/mol. The van der Waals surface area contributed by atoms with Crippen LogP contribution in [0, 0.1) is 6.92 Å². The average molecular weight is 369 g/mol. The van der Waals surface area contributed by atoms with Crippen molar-refractivity contribution in [2.75, 3.05) is 25.0 Å². The van der Waals surface area contributed by atoms with Crippen LogP contribution in [-0.2, 0) is 6.54 Å². The van der Waals surface area contributed by atoms with Gasteiger partial charge >= 0.3 is 5.97 Å². The van der Waals surface area contributed by atoms with E-state index in [1.54, 1.807) is 12.1 Å². The summed E-state index contributed by atoms with van der Waals surface area (Å²) < 4.78 is 5.70. The van der Waals surface area contributed by atoms with Crippen LogP contribution in [0.1, 0.15) is 41.3 Å². The second-order valence-corrected chi connectivity index (χ2v) is 6.96. The maximum Gasteiger partial charge on any atom is 0.337 e. The Hall–Kier alpha value is -2.60. The minimum atomic E-state index is -0.953. The molecule has 0 amide bonds. The highest BCUT2D eigenvalue weighted by Gasteiger charge is 2.20. The van der Waals surface area contributed by atoms with E-state index in [2.05, 4.69) is 40.3 Å². The Bertz CT molecular complexity index is 769. The number of nitrogens with zero attached hydrogens (tertiary/aromatic N) is 2. The van der Waals surface area contributed by atoms with Crippen LogP contribution in [0.15, 0.2) is 36.5 Å². The Morgan fingerprint density at radius 3 is 2.70 bits per heavy atom. The largest absolute Gasteiger partial charge is 0.494 e. The van der Waals surface area contributed by atoms with Gasteiger partial charge in [-0.3, -0.25) is 4.90 Å². The molecule has 144 valence electrons. The SMILES string of the molecule is CCOc1cc(CN2CCC(Nc3ccc(C(=O)O)cn3)CC2)ccc1C. The molecule has 0 aliphatic carbocycles. The number of carboxylic acid groups (broad SMARTS) is 1. The Balaban J connectivity index is 1.50. The zero-order chi connectivity index (χ0) is 19.2. The van der Waals surface area contributed by atoms with Crippen LogP contribution in [0.25, 0.3) is 0 Å². The summed E-state index contributed by atoms with van der Waals surface area (Å²) in [5, 5.41) is 12.3. The molecule has 1 aliphatic rings. The third kappa shape index (κ3) is 5.20. The lowest BCUT2D eigenvalue weighted by Gasteiger charge is -2.32. The quantitative estimate of drug-likeness (QED) is 0.777. The van der Waals surface area contributed by atoms with Gasteiger partial charge in [-0.25, -0.2) is 9.78 Å². The smallest absolute Gasteiger partial charge is 0.337 e. The first-order valence-electron chi connectivity index (χ1n) is 9.45. The Morgan fingerprint density at radius 2 is 2.07 bits per heavy atom. The summed E-state index contributed by atoms with van der Waals surface area (Å²) in [5.41, 5.74) is 2.66. The van der Waals surface area contributed by atoms with E-state index in [4.69, 9.17) is 9.84 Å². The molecule has 1 aromatic carbocycles. The summed E-state index contributed by atoms with van der Waals surface area (Å²) in [4.78, 5) is 17.5. The van der Waals surface area contributed by atoms with E-state index >= 15 is 0 Å². The molecule has 1 aromatic heterocycles. The number of carbonyl (C=O) groups is 1. The molecule has 6 heteroatoms. The molecule has 3 rings (SSSR count). The first-order valence-corrected chi connectivity index (χ1v) is 9.45. The first kappa shape index (κ1) is 19.2. The van der Waals surface area contributed by atoms with Crippen molar-refractivity contribution in [3.8, 4) is 5.75 Å². The molecule has 27 heavy (non-hydrogen) atoms. The minimum Gasteiger partial charge on any atom is -0.494 e. The molecule has 0 radical (unpaired) electrons. The molecule has 0 spiro atoms. The summed E-state index contributed by atoms with van der Waals surface area (Å²) in [7, 11) is 0. The van der Waals surface area contributed by atoms with Gasteiger partial charge in [-0.05, 0) is 56.0 Å². The number of benzene rings is 1. The topological polar surface area (TPSA) is 74.7 Å². The fraction of sp³-hybridized carbons (Fsp3) is 0.429. The van der Waals surface area contributed by atoms with Gasteiger partial charge in [0, 0.05) is 31.9 Å². The number of hydrogen-bond donors (Lipinski definition) is 2. The van der Waals surface area contributed by atoms with Gasteiger partial charge in [0.2, 0.25) is 0 Å². The molecule has 1 fully saturated rings. The molecule has 2 heterocycles. The van der Waals surface area contributed by atoms with Crippen LogP contribution in [0.3, 0.4) is 0 Å². The highest BCUT2D eigenvalue weighted by atomic mass is 16.5. The highest BCUT2D eigenvalue weighted by Crippen LogP contribution is 2.22. The standard InChI is InChI=1S/C21H27N3O3/c1-3-27-19-12-16(5-4-15(19)2)14-24-10-8-18(9-11-24)23-20-7-6-17(13-22-20)21(25)26/h4-7,12-13,18H,3,8-11,14H2,1-2H3,(H,22,23)(H,25,26). The van der Waals surface area contributed by atoms with Crippen molar-refractivity contribution in [1.29, 1.82) is 0 Å². The van der Waals surface area contributed by atoms with E-state index in [0.29, 0.717) is 12.6 Å². The number of nitrogens with one attached hydrogen (secondary N) is 1. The number of carboxylic acids is 1. The maximum atomic E-state index is 10.9. The van der Waals surface area contributed by atoms with E-state index in [-0.39, 0.29) is 5.56 Å². The number of likely N-dealkylation sites (tertiary alicyclic amines) is 1. The molecule has 0 saturated carbocycles. The van der Waals surface area contributed by atoms with Crippen molar-refractivity contribution in [2.45, 2.75) is 39.3 Å². The van der Waals surface area contributed by atoms with E-state index in [1.165, 1.54) is 17.3 Å². The number of hydrogen-bond acceptors (Lipinski definition) is 5. The number of aromatic carboxylic acids is 1. The van der Waals surface area contributed by atoms with Crippen molar-refractivity contribution in [3.63, 3.8) is 0 Å². The van der Waals surface area contributed by atoms with Gasteiger partial charge in [-0.2, -0.15) is 0 Å². The number of pyridine rings is 1. The number of ether oxygens (including phenoxy) is 1. The number of aromatic nitrogens is 1. The van der Waals surface area contributed by atoms with Crippen molar-refractivity contribution >= 4 is 11.8 Å². The van der Waals surface area contributed by atoms with Crippen LogP contribution in [0.5, 0.6) is 5.75 Å². The molecule has 0 atom stereocenters. The van der Waals surface area contributed by atoms with Gasteiger partial charge in [0.15, 0.2) is 0 Å². The predicted octanol–water partition coefficient (Wildman–Crippen LogP) is 3.56. The first-order chi connectivity index (χ1) is 13.0. The van der Waals surface area contributed by atoms with Gasteiger partial charge in [0.05, 0.1) is 12.2 Å². The summed E-state index contributed by atoms with van der Waals surface area (Å²) >= 11 is 0. The minimum absolute atomic E-state index is 0.208. The second-order valence-electron chi connectivity index (χ2n) is 6.96. The fourth-order valence-corrected chi connectivity index (χ4v) is 3.36. The lowest BCUT2D eigenvalue weighted by atomic mass is 10.0. The van der Waals surface area contributed by atoms with Crippen molar-refractivity contribution < 1.29 is 14.6 Å². The normalized spacial score (nSPS) is 15.5. The zero-order valence-corrected chi connectivity index (χ0v) is 15.9. The number of aryl methyl sites for hydroxylation is 1. The molecule has 1 aliphatic heterocycles. The van der Waals surface area contributed by atoms with E-state index in [0.717, 1.165) is 44.0 Å². The Morgan fingerprint density at radius 1 is 1.30 bits per heavy atom. The number of anilines is 1. The van der Waals surface area contributed by atoms with Crippen molar-refractivity contribution in [1.82, 2.24) is 9.88 Å². The molecule has 6 nitrogen and oxygen atoms in total. The predicted molar refractivity (Wildman–Crippen MR) is 105 cm³/mol. The van der Waals surface area contributed by atoms with E-state index < -0.39 is 5.97 Å². The molecule has 1 saturated heterocycles. The zero-order valence-electron chi connectivity index (χ0n) is 15.9. The Labute approximate surface area is 160 Å². The van der Waals surface area contributed by atoms with Crippen molar-refractivity contribution in [2.24, 2.45) is 0 Å². The van der Waals surface area contributed by atoms with Gasteiger partial charge in [0.25, 0.3) is 0 Å². The van der Waals surface area contributed by atoms with Crippen LogP contribution < -0.4 is 10.1 Å². The fourth-order valence-electron chi connectivity index (χ4n) is 3.36. The number of piperidine rings is 1. The Kier molecular flexibility index (Phi) is 6.29. The molecular weight excluding hydrogens is 342 g/mol. The van der Waals surface area contributed by atoms with Gasteiger partial charge in [-0.15, -0.1) is 0 Å². The van der Waals surface area contributed by atoms with Crippen LogP contribution in [-0.4, -0.2) is 46.7 Å². The van der Waals surface area contributed by atoms with E-state index in [1.807, 2.05) is 6.92 Å².